The highest BCUT2D eigenvalue weighted by atomic mass is 16.5. The molecule has 25 heavy (non-hydrogen) atoms. The van der Waals surface area contributed by atoms with Crippen LogP contribution in [-0.2, 0) is 11.3 Å². The van der Waals surface area contributed by atoms with Crippen LogP contribution in [0.2, 0.25) is 0 Å². The molecule has 2 aliphatic rings. The molecule has 2 heterocycles. The second kappa shape index (κ2) is 9.64. The molecule has 0 saturated carbocycles. The zero-order valence-electron chi connectivity index (χ0n) is 15.5. The van der Waals surface area contributed by atoms with Crippen LogP contribution in [0.5, 0.6) is 0 Å². The number of morpholine rings is 1. The third kappa shape index (κ3) is 6.04. The Hall–Kier alpha value is -0.980. The Labute approximate surface area is 152 Å². The van der Waals surface area contributed by atoms with Crippen molar-refractivity contribution in [3.8, 4) is 0 Å². The fourth-order valence-corrected chi connectivity index (χ4v) is 3.96. The van der Waals surface area contributed by atoms with Gasteiger partial charge in [0, 0.05) is 45.3 Å². The van der Waals surface area contributed by atoms with Crippen LogP contribution in [-0.4, -0.2) is 91.0 Å². The minimum absolute atomic E-state index is 0.277. The lowest BCUT2D eigenvalue weighted by molar-refractivity contribution is 0.00386. The lowest BCUT2D eigenvalue weighted by Gasteiger charge is -2.33. The minimum atomic E-state index is -0.277. The lowest BCUT2D eigenvalue weighted by atomic mass is 10.2. The highest BCUT2D eigenvalue weighted by molar-refractivity contribution is 5.14. The second-order valence-corrected chi connectivity index (χ2v) is 7.49. The van der Waals surface area contributed by atoms with E-state index in [0.29, 0.717) is 6.04 Å². The summed E-state index contributed by atoms with van der Waals surface area (Å²) in [5.41, 5.74) is 1.38. The van der Waals surface area contributed by atoms with Gasteiger partial charge >= 0.3 is 0 Å². The van der Waals surface area contributed by atoms with Crippen molar-refractivity contribution in [3.05, 3.63) is 35.9 Å². The van der Waals surface area contributed by atoms with Crippen LogP contribution >= 0.6 is 0 Å². The molecule has 2 unspecified atom stereocenters. The summed E-state index contributed by atoms with van der Waals surface area (Å²) in [5.74, 6) is 0. The third-order valence-corrected chi connectivity index (χ3v) is 5.33. The Morgan fingerprint density at radius 3 is 2.56 bits per heavy atom. The van der Waals surface area contributed by atoms with E-state index in [1.165, 1.54) is 12.0 Å². The van der Waals surface area contributed by atoms with Gasteiger partial charge in [0.25, 0.3) is 0 Å². The molecular formula is C20H33N3O2. The molecule has 2 atom stereocenters. The van der Waals surface area contributed by atoms with E-state index < -0.39 is 0 Å². The summed E-state index contributed by atoms with van der Waals surface area (Å²) >= 11 is 0. The van der Waals surface area contributed by atoms with Crippen molar-refractivity contribution in [2.24, 2.45) is 0 Å². The van der Waals surface area contributed by atoms with E-state index >= 15 is 0 Å². The number of benzene rings is 1. The van der Waals surface area contributed by atoms with Gasteiger partial charge in [-0.1, -0.05) is 30.3 Å². The Kier molecular flexibility index (Phi) is 7.25. The first-order chi connectivity index (χ1) is 12.2. The normalized spacial score (nSPS) is 25.6. The van der Waals surface area contributed by atoms with Gasteiger partial charge in [0.2, 0.25) is 0 Å². The van der Waals surface area contributed by atoms with Crippen molar-refractivity contribution in [1.29, 1.82) is 0 Å². The Balaban J connectivity index is 1.46. The van der Waals surface area contributed by atoms with Gasteiger partial charge in [-0.25, -0.2) is 0 Å². The summed E-state index contributed by atoms with van der Waals surface area (Å²) < 4.78 is 5.39. The molecule has 0 radical (unpaired) electrons. The van der Waals surface area contributed by atoms with Crippen LogP contribution < -0.4 is 0 Å². The maximum atomic E-state index is 10.5. The maximum absolute atomic E-state index is 10.5. The summed E-state index contributed by atoms with van der Waals surface area (Å²) in [5, 5.41) is 10.5. The first-order valence-electron chi connectivity index (χ1n) is 9.69. The summed E-state index contributed by atoms with van der Waals surface area (Å²) in [6, 6.07) is 11.2. The van der Waals surface area contributed by atoms with Crippen molar-refractivity contribution >= 4 is 0 Å². The molecule has 5 nitrogen and oxygen atoms in total. The molecule has 2 fully saturated rings. The molecule has 1 aromatic carbocycles. The SMILES string of the molecule is CC1CN(Cc2ccccc2)CCCN1CC(O)CN1CCOCC1. The number of aliphatic hydroxyl groups is 1. The van der Waals surface area contributed by atoms with E-state index in [4.69, 9.17) is 4.74 Å². The van der Waals surface area contributed by atoms with E-state index in [1.54, 1.807) is 0 Å². The van der Waals surface area contributed by atoms with Crippen molar-refractivity contribution < 1.29 is 9.84 Å². The van der Waals surface area contributed by atoms with E-state index in [9.17, 15) is 5.11 Å². The van der Waals surface area contributed by atoms with Crippen LogP contribution in [0.25, 0.3) is 0 Å². The predicted molar refractivity (Wildman–Crippen MR) is 101 cm³/mol. The van der Waals surface area contributed by atoms with Crippen LogP contribution in [0.15, 0.2) is 30.3 Å². The standard InChI is InChI=1S/C20H33N3O2/c1-18-14-22(15-19-6-3-2-4-7-19)8-5-9-23(18)17-20(24)16-21-10-12-25-13-11-21/h2-4,6-7,18,20,24H,5,8-17H2,1H3. The Morgan fingerprint density at radius 2 is 1.80 bits per heavy atom. The van der Waals surface area contributed by atoms with Crippen molar-refractivity contribution in [2.75, 3.05) is 59.0 Å². The fraction of sp³-hybridized carbons (Fsp3) is 0.700. The molecule has 3 rings (SSSR count). The van der Waals surface area contributed by atoms with Crippen molar-refractivity contribution in [1.82, 2.24) is 14.7 Å². The second-order valence-electron chi connectivity index (χ2n) is 7.49. The summed E-state index contributed by atoms with van der Waals surface area (Å²) in [6.07, 6.45) is 0.891. The van der Waals surface area contributed by atoms with Gasteiger partial charge in [0.15, 0.2) is 0 Å². The van der Waals surface area contributed by atoms with Gasteiger partial charge in [-0.05, 0) is 32.0 Å². The van der Waals surface area contributed by atoms with Crippen LogP contribution in [0.4, 0.5) is 0 Å². The Bertz CT molecular complexity index is 493. The molecule has 140 valence electrons. The van der Waals surface area contributed by atoms with Crippen LogP contribution in [0.3, 0.4) is 0 Å². The van der Waals surface area contributed by atoms with Gasteiger partial charge < -0.3 is 9.84 Å². The summed E-state index contributed by atoms with van der Waals surface area (Å²) in [7, 11) is 0. The maximum Gasteiger partial charge on any atom is 0.0793 e. The molecule has 1 aromatic rings. The number of hydrogen-bond donors (Lipinski definition) is 1. The number of nitrogens with zero attached hydrogens (tertiary/aromatic N) is 3. The number of β-amino-alcohol motifs (C(OH)–C–C–N with tert-alkyl or cyclic N) is 1. The molecule has 2 saturated heterocycles. The Morgan fingerprint density at radius 1 is 1.04 bits per heavy atom. The van der Waals surface area contributed by atoms with E-state index in [2.05, 4.69) is 52.0 Å². The first kappa shape index (κ1) is 18.8. The average molecular weight is 348 g/mol. The van der Waals surface area contributed by atoms with Crippen molar-refractivity contribution in [3.63, 3.8) is 0 Å². The van der Waals surface area contributed by atoms with Gasteiger partial charge in [-0.2, -0.15) is 0 Å². The van der Waals surface area contributed by atoms with Gasteiger partial charge in [-0.15, -0.1) is 0 Å². The highest BCUT2D eigenvalue weighted by Crippen LogP contribution is 2.14. The quantitative estimate of drug-likeness (QED) is 0.839. The molecule has 0 aromatic heterocycles. The largest absolute Gasteiger partial charge is 0.390 e. The topological polar surface area (TPSA) is 39.2 Å². The third-order valence-electron chi connectivity index (χ3n) is 5.33. The average Bonchev–Trinajstić information content (AvgIpc) is 2.78. The molecule has 2 aliphatic heterocycles. The fourth-order valence-electron chi connectivity index (χ4n) is 3.96. The van der Waals surface area contributed by atoms with E-state index in [0.717, 1.165) is 65.6 Å². The van der Waals surface area contributed by atoms with Gasteiger partial charge in [0.05, 0.1) is 19.3 Å². The van der Waals surface area contributed by atoms with E-state index in [-0.39, 0.29) is 6.10 Å². The number of rotatable bonds is 6. The van der Waals surface area contributed by atoms with Crippen LogP contribution in [0, 0.1) is 0 Å². The molecule has 0 bridgehead atoms. The molecule has 0 aliphatic carbocycles. The van der Waals surface area contributed by atoms with Crippen LogP contribution in [0.1, 0.15) is 18.9 Å². The van der Waals surface area contributed by atoms with Crippen molar-refractivity contribution in [2.45, 2.75) is 32.0 Å². The zero-order chi connectivity index (χ0) is 17.5. The minimum Gasteiger partial charge on any atom is -0.390 e. The number of aliphatic hydroxyl groups excluding tert-OH is 1. The van der Waals surface area contributed by atoms with Gasteiger partial charge in [-0.3, -0.25) is 14.7 Å². The highest BCUT2D eigenvalue weighted by Gasteiger charge is 2.24. The molecule has 0 spiro atoms. The van der Waals surface area contributed by atoms with Gasteiger partial charge in [0.1, 0.15) is 0 Å². The summed E-state index contributed by atoms with van der Waals surface area (Å²) in [6.45, 7) is 11.6. The first-order valence-corrected chi connectivity index (χ1v) is 9.69. The lowest BCUT2D eigenvalue weighted by Crippen LogP contribution is -2.47. The predicted octanol–water partition coefficient (Wildman–Crippen LogP) is 1.28. The monoisotopic (exact) mass is 347 g/mol. The summed E-state index contributed by atoms with van der Waals surface area (Å²) in [4.78, 5) is 7.34. The molecular weight excluding hydrogens is 314 g/mol. The molecule has 5 heteroatoms. The smallest absolute Gasteiger partial charge is 0.0793 e. The zero-order valence-corrected chi connectivity index (χ0v) is 15.5. The number of ether oxygens (including phenoxy) is 1. The molecule has 1 N–H and O–H groups in total. The van der Waals surface area contributed by atoms with E-state index in [1.807, 2.05) is 0 Å². The number of hydrogen-bond acceptors (Lipinski definition) is 5. The molecule has 0 amide bonds.